The molecule has 2 aromatic carbocycles. The highest BCUT2D eigenvalue weighted by molar-refractivity contribution is 9.10. The van der Waals surface area contributed by atoms with Crippen molar-refractivity contribution in [1.82, 2.24) is 0 Å². The van der Waals surface area contributed by atoms with Crippen LogP contribution in [-0.2, 0) is 0 Å². The lowest BCUT2D eigenvalue weighted by Gasteiger charge is -2.12. The minimum atomic E-state index is -0.314. The maximum Gasteiger partial charge on any atom is 0.255 e. The molecule has 0 saturated heterocycles. The maximum atomic E-state index is 12.4. The number of carbonyl (C=O) groups is 1. The molecule has 2 aromatic rings. The summed E-state index contributed by atoms with van der Waals surface area (Å²) in [6.45, 7) is 4.73. The molecule has 0 bridgehead atoms. The van der Waals surface area contributed by atoms with Gasteiger partial charge in [0.1, 0.15) is 5.75 Å². The van der Waals surface area contributed by atoms with Gasteiger partial charge in [0.2, 0.25) is 0 Å². The van der Waals surface area contributed by atoms with Gasteiger partial charge in [-0.05, 0) is 52.2 Å². The van der Waals surface area contributed by atoms with Crippen LogP contribution in [0.1, 0.15) is 24.2 Å². The van der Waals surface area contributed by atoms with E-state index in [9.17, 15) is 4.79 Å². The van der Waals surface area contributed by atoms with E-state index in [1.54, 1.807) is 18.2 Å². The molecule has 0 spiro atoms. The highest BCUT2D eigenvalue weighted by Crippen LogP contribution is 2.33. The molecule has 0 heterocycles. The summed E-state index contributed by atoms with van der Waals surface area (Å²) in [6, 6.07) is 8.12. The molecule has 0 aromatic heterocycles. The number of carbonyl (C=O) groups excluding carboxylic acids is 1. The van der Waals surface area contributed by atoms with Gasteiger partial charge >= 0.3 is 0 Å². The molecule has 0 aliphatic carbocycles. The number of hydrogen-bond acceptors (Lipinski definition) is 2. The van der Waals surface area contributed by atoms with Crippen molar-refractivity contribution in [2.45, 2.75) is 13.8 Å². The Morgan fingerprint density at radius 3 is 2.42 bits per heavy atom. The molecule has 0 atom stereocenters. The molecule has 3 nitrogen and oxygen atoms in total. The highest BCUT2D eigenvalue weighted by Gasteiger charge is 2.13. The fourth-order valence-electron chi connectivity index (χ4n) is 1.83. The van der Waals surface area contributed by atoms with Crippen molar-refractivity contribution in [3.63, 3.8) is 0 Å². The predicted molar refractivity (Wildman–Crippen MR) is 104 cm³/mol. The van der Waals surface area contributed by atoms with Crippen molar-refractivity contribution in [3.8, 4) is 5.75 Å². The van der Waals surface area contributed by atoms with Crippen LogP contribution in [0.4, 0.5) is 5.69 Å². The highest BCUT2D eigenvalue weighted by atomic mass is 79.9. The summed E-state index contributed by atoms with van der Waals surface area (Å²) in [7, 11) is 0. The molecule has 7 heteroatoms. The SMILES string of the molecule is CC(C)COc1ccc(C(=O)Nc2cc(Cl)c(Cl)cc2Cl)cc1Br. The second-order valence-corrected chi connectivity index (χ2v) is 7.63. The van der Waals surface area contributed by atoms with Gasteiger partial charge in [-0.1, -0.05) is 48.7 Å². The third kappa shape index (κ3) is 5.03. The van der Waals surface area contributed by atoms with Gasteiger partial charge in [-0.3, -0.25) is 4.79 Å². The number of benzene rings is 2. The van der Waals surface area contributed by atoms with Crippen molar-refractivity contribution in [1.29, 1.82) is 0 Å². The standard InChI is InChI=1S/C17H15BrCl3NO2/c1-9(2)8-24-16-4-3-10(5-11(16)18)17(23)22-15-7-13(20)12(19)6-14(15)21/h3-7,9H,8H2,1-2H3,(H,22,23). The Bertz CT molecular complexity index is 766. The topological polar surface area (TPSA) is 38.3 Å². The molecule has 2 rings (SSSR count). The zero-order chi connectivity index (χ0) is 17.9. The van der Waals surface area contributed by atoms with E-state index in [4.69, 9.17) is 39.5 Å². The lowest BCUT2D eigenvalue weighted by Crippen LogP contribution is -2.12. The largest absolute Gasteiger partial charge is 0.492 e. The summed E-state index contributed by atoms with van der Waals surface area (Å²) in [6.07, 6.45) is 0. The summed E-state index contributed by atoms with van der Waals surface area (Å²) in [5.41, 5.74) is 0.855. The van der Waals surface area contributed by atoms with Crippen LogP contribution >= 0.6 is 50.7 Å². The smallest absolute Gasteiger partial charge is 0.255 e. The van der Waals surface area contributed by atoms with E-state index in [1.807, 2.05) is 0 Å². The number of nitrogens with one attached hydrogen (secondary N) is 1. The van der Waals surface area contributed by atoms with E-state index in [2.05, 4.69) is 35.1 Å². The fraction of sp³-hybridized carbons (Fsp3) is 0.235. The van der Waals surface area contributed by atoms with Crippen molar-refractivity contribution < 1.29 is 9.53 Å². The summed E-state index contributed by atoms with van der Waals surface area (Å²) >= 11 is 21.3. The summed E-state index contributed by atoms with van der Waals surface area (Å²) < 4.78 is 6.37. The van der Waals surface area contributed by atoms with E-state index in [-0.39, 0.29) is 5.91 Å². The van der Waals surface area contributed by atoms with Crippen LogP contribution in [0.2, 0.25) is 15.1 Å². The molecule has 1 amide bonds. The molecular weight excluding hydrogens is 436 g/mol. The van der Waals surface area contributed by atoms with Gasteiger partial charge in [-0.15, -0.1) is 0 Å². The van der Waals surface area contributed by atoms with E-state index in [1.165, 1.54) is 12.1 Å². The first-order chi connectivity index (χ1) is 11.3. The van der Waals surface area contributed by atoms with Crippen LogP contribution in [-0.4, -0.2) is 12.5 Å². The first-order valence-corrected chi connectivity index (χ1v) is 9.09. The van der Waals surface area contributed by atoms with Gasteiger partial charge in [0.05, 0.1) is 31.8 Å². The Morgan fingerprint density at radius 1 is 1.12 bits per heavy atom. The van der Waals surface area contributed by atoms with E-state index >= 15 is 0 Å². The molecule has 0 aliphatic rings. The predicted octanol–water partition coefficient (Wildman–Crippen LogP) is 6.70. The number of halogens is 4. The zero-order valence-corrected chi connectivity index (χ0v) is 16.9. The van der Waals surface area contributed by atoms with Crippen molar-refractivity contribution in [3.05, 3.63) is 55.4 Å². The van der Waals surface area contributed by atoms with Crippen LogP contribution in [0, 0.1) is 5.92 Å². The Kier molecular flexibility index (Phi) is 6.81. The fourth-order valence-corrected chi connectivity index (χ4v) is 2.92. The molecule has 0 fully saturated rings. The number of hydrogen-bond donors (Lipinski definition) is 1. The summed E-state index contributed by atoms with van der Waals surface area (Å²) in [5.74, 6) is 0.788. The first-order valence-electron chi connectivity index (χ1n) is 7.16. The second-order valence-electron chi connectivity index (χ2n) is 5.55. The average molecular weight is 452 g/mol. The minimum absolute atomic E-state index is 0.314. The Labute approximate surface area is 164 Å². The van der Waals surface area contributed by atoms with Gasteiger partial charge in [-0.2, -0.15) is 0 Å². The Balaban J connectivity index is 2.16. The molecule has 1 N–H and O–H groups in total. The number of ether oxygens (including phenoxy) is 1. The first kappa shape index (κ1) is 19.4. The summed E-state index contributed by atoms with van der Waals surface area (Å²) in [5, 5.41) is 3.67. The van der Waals surface area contributed by atoms with Crippen LogP contribution in [0.15, 0.2) is 34.8 Å². The van der Waals surface area contributed by atoms with Crippen molar-refractivity contribution >= 4 is 62.3 Å². The monoisotopic (exact) mass is 449 g/mol. The summed E-state index contributed by atoms with van der Waals surface area (Å²) in [4.78, 5) is 12.4. The molecule has 0 aliphatic heterocycles. The van der Waals surface area contributed by atoms with Gasteiger partial charge in [0, 0.05) is 5.56 Å². The van der Waals surface area contributed by atoms with Gasteiger partial charge in [-0.25, -0.2) is 0 Å². The Morgan fingerprint density at radius 2 is 1.79 bits per heavy atom. The maximum absolute atomic E-state index is 12.4. The normalized spacial score (nSPS) is 10.8. The van der Waals surface area contributed by atoms with E-state index in [0.29, 0.717) is 49.1 Å². The lowest BCUT2D eigenvalue weighted by molar-refractivity contribution is 0.102. The molecule has 128 valence electrons. The van der Waals surface area contributed by atoms with E-state index < -0.39 is 0 Å². The van der Waals surface area contributed by atoms with Gasteiger partial charge in [0.25, 0.3) is 5.91 Å². The molecular formula is C17H15BrCl3NO2. The third-order valence-electron chi connectivity index (χ3n) is 3.02. The van der Waals surface area contributed by atoms with Crippen molar-refractivity contribution in [2.24, 2.45) is 5.92 Å². The second kappa shape index (κ2) is 8.43. The molecule has 0 unspecified atom stereocenters. The van der Waals surface area contributed by atoms with Gasteiger partial charge in [0.15, 0.2) is 0 Å². The average Bonchev–Trinajstić information content (AvgIpc) is 2.51. The van der Waals surface area contributed by atoms with Crippen molar-refractivity contribution in [2.75, 3.05) is 11.9 Å². The number of rotatable bonds is 5. The molecule has 0 radical (unpaired) electrons. The van der Waals surface area contributed by atoms with Gasteiger partial charge < -0.3 is 10.1 Å². The van der Waals surface area contributed by atoms with Crippen LogP contribution < -0.4 is 10.1 Å². The molecule has 0 saturated carbocycles. The third-order valence-corrected chi connectivity index (χ3v) is 4.68. The van der Waals surface area contributed by atoms with Crippen LogP contribution in [0.5, 0.6) is 5.75 Å². The van der Waals surface area contributed by atoms with Crippen LogP contribution in [0.25, 0.3) is 0 Å². The lowest BCUT2D eigenvalue weighted by atomic mass is 10.2. The van der Waals surface area contributed by atoms with E-state index in [0.717, 1.165) is 0 Å². The number of amides is 1. The number of anilines is 1. The molecule has 24 heavy (non-hydrogen) atoms. The minimum Gasteiger partial charge on any atom is -0.492 e. The zero-order valence-electron chi connectivity index (χ0n) is 13.0. The quantitative estimate of drug-likeness (QED) is 0.514. The Hall–Kier alpha value is -0.940. The van der Waals surface area contributed by atoms with Crippen LogP contribution in [0.3, 0.4) is 0 Å².